The summed E-state index contributed by atoms with van der Waals surface area (Å²) in [6, 6.07) is 3.62. The van der Waals surface area contributed by atoms with E-state index in [9.17, 15) is 9.90 Å². The first-order chi connectivity index (χ1) is 8.70. The second kappa shape index (κ2) is 7.96. The molecule has 102 valence electrons. The number of aryl methyl sites for hydroxylation is 1. The van der Waals surface area contributed by atoms with Crippen LogP contribution in [0.3, 0.4) is 0 Å². The highest BCUT2D eigenvalue weighted by Crippen LogP contribution is 2.20. The predicted molar refractivity (Wildman–Crippen MR) is 73.9 cm³/mol. The molecule has 1 aromatic heterocycles. The van der Waals surface area contributed by atoms with Gasteiger partial charge in [0, 0.05) is 11.9 Å². The van der Waals surface area contributed by atoms with Gasteiger partial charge in [-0.15, -0.1) is 0 Å². The number of rotatable bonds is 9. The SMILES string of the molecule is CCCCCc1cccn1C(CCCC)C(=O)O. The summed E-state index contributed by atoms with van der Waals surface area (Å²) in [6.45, 7) is 4.27. The van der Waals surface area contributed by atoms with E-state index in [1.165, 1.54) is 12.8 Å². The molecule has 0 radical (unpaired) electrons. The zero-order valence-corrected chi connectivity index (χ0v) is 11.6. The fourth-order valence-electron chi connectivity index (χ4n) is 2.28. The first kappa shape index (κ1) is 14.8. The third-order valence-corrected chi connectivity index (χ3v) is 3.36. The van der Waals surface area contributed by atoms with Crippen LogP contribution in [0.5, 0.6) is 0 Å². The standard InChI is InChI=1S/C15H25NO2/c1-3-5-7-9-13-10-8-12-16(13)14(15(17)18)11-6-4-2/h8,10,12,14H,3-7,9,11H2,1-2H3,(H,17,18). The largest absolute Gasteiger partial charge is 0.480 e. The number of hydrogen-bond donors (Lipinski definition) is 1. The van der Waals surface area contributed by atoms with Crippen molar-refractivity contribution < 1.29 is 9.90 Å². The molecule has 0 fully saturated rings. The lowest BCUT2D eigenvalue weighted by molar-refractivity contribution is -0.141. The van der Waals surface area contributed by atoms with Gasteiger partial charge in [-0.1, -0.05) is 39.5 Å². The van der Waals surface area contributed by atoms with Gasteiger partial charge in [0.1, 0.15) is 6.04 Å². The number of aliphatic carboxylic acids is 1. The lowest BCUT2D eigenvalue weighted by atomic mass is 10.1. The number of carboxylic acids is 1. The Hall–Kier alpha value is -1.25. The van der Waals surface area contributed by atoms with E-state index >= 15 is 0 Å². The van der Waals surface area contributed by atoms with E-state index in [0.29, 0.717) is 0 Å². The molecule has 0 aliphatic rings. The van der Waals surface area contributed by atoms with Crippen LogP contribution >= 0.6 is 0 Å². The lowest BCUT2D eigenvalue weighted by Crippen LogP contribution is -2.20. The molecule has 3 nitrogen and oxygen atoms in total. The Labute approximate surface area is 110 Å². The van der Waals surface area contributed by atoms with E-state index in [2.05, 4.69) is 19.9 Å². The van der Waals surface area contributed by atoms with Gasteiger partial charge in [0.25, 0.3) is 0 Å². The van der Waals surface area contributed by atoms with Crippen molar-refractivity contribution in [2.24, 2.45) is 0 Å². The van der Waals surface area contributed by atoms with Crippen molar-refractivity contribution in [3.63, 3.8) is 0 Å². The van der Waals surface area contributed by atoms with Gasteiger partial charge in [0.2, 0.25) is 0 Å². The molecule has 0 saturated heterocycles. The summed E-state index contributed by atoms with van der Waals surface area (Å²) >= 11 is 0. The zero-order valence-electron chi connectivity index (χ0n) is 11.6. The van der Waals surface area contributed by atoms with Crippen molar-refractivity contribution in [2.75, 3.05) is 0 Å². The maximum Gasteiger partial charge on any atom is 0.326 e. The minimum absolute atomic E-state index is 0.392. The molecule has 0 aliphatic carbocycles. The predicted octanol–water partition coefficient (Wildman–Crippen LogP) is 4.04. The number of hydrogen-bond acceptors (Lipinski definition) is 1. The van der Waals surface area contributed by atoms with Crippen LogP contribution in [0, 0.1) is 0 Å². The number of aromatic nitrogens is 1. The average molecular weight is 251 g/mol. The van der Waals surface area contributed by atoms with Crippen molar-refractivity contribution in [1.82, 2.24) is 4.57 Å². The molecular formula is C15H25NO2. The van der Waals surface area contributed by atoms with E-state index in [4.69, 9.17) is 0 Å². The number of carbonyl (C=O) groups is 1. The van der Waals surface area contributed by atoms with E-state index in [1.807, 2.05) is 16.8 Å². The minimum Gasteiger partial charge on any atom is -0.480 e. The highest BCUT2D eigenvalue weighted by Gasteiger charge is 2.20. The Bertz CT molecular complexity index is 357. The van der Waals surface area contributed by atoms with E-state index in [0.717, 1.165) is 37.8 Å². The quantitative estimate of drug-likeness (QED) is 0.673. The maximum atomic E-state index is 11.4. The average Bonchev–Trinajstić information content (AvgIpc) is 2.78. The van der Waals surface area contributed by atoms with Crippen LogP contribution in [0.2, 0.25) is 0 Å². The van der Waals surface area contributed by atoms with Gasteiger partial charge in [-0.3, -0.25) is 0 Å². The molecule has 1 atom stereocenters. The van der Waals surface area contributed by atoms with Crippen LogP contribution in [0.15, 0.2) is 18.3 Å². The smallest absolute Gasteiger partial charge is 0.326 e. The molecule has 0 spiro atoms. The summed E-state index contributed by atoms with van der Waals surface area (Å²) in [5.41, 5.74) is 1.16. The number of unbranched alkanes of at least 4 members (excludes halogenated alkanes) is 3. The van der Waals surface area contributed by atoms with E-state index < -0.39 is 12.0 Å². The Morgan fingerprint density at radius 3 is 2.61 bits per heavy atom. The van der Waals surface area contributed by atoms with Gasteiger partial charge in [-0.25, -0.2) is 4.79 Å². The summed E-state index contributed by atoms with van der Waals surface area (Å²) in [4.78, 5) is 11.4. The first-order valence-corrected chi connectivity index (χ1v) is 7.09. The molecule has 1 heterocycles. The van der Waals surface area contributed by atoms with Crippen molar-refractivity contribution in [2.45, 2.75) is 64.8 Å². The van der Waals surface area contributed by atoms with Crippen molar-refractivity contribution in [3.05, 3.63) is 24.0 Å². The van der Waals surface area contributed by atoms with E-state index in [-0.39, 0.29) is 0 Å². The molecule has 0 bridgehead atoms. The Kier molecular flexibility index (Phi) is 6.55. The second-order valence-corrected chi connectivity index (χ2v) is 4.86. The minimum atomic E-state index is -0.712. The van der Waals surface area contributed by atoms with Crippen LogP contribution < -0.4 is 0 Å². The fourth-order valence-corrected chi connectivity index (χ4v) is 2.28. The van der Waals surface area contributed by atoms with E-state index in [1.54, 1.807) is 0 Å². The summed E-state index contributed by atoms with van der Waals surface area (Å²) in [6.07, 6.45) is 9.16. The van der Waals surface area contributed by atoms with Crippen molar-refractivity contribution in [3.8, 4) is 0 Å². The topological polar surface area (TPSA) is 42.2 Å². The Balaban J connectivity index is 2.71. The molecule has 0 saturated carbocycles. The van der Waals surface area contributed by atoms with Crippen molar-refractivity contribution in [1.29, 1.82) is 0 Å². The zero-order chi connectivity index (χ0) is 13.4. The van der Waals surface area contributed by atoms with Gasteiger partial charge in [-0.2, -0.15) is 0 Å². The third kappa shape index (κ3) is 4.21. The van der Waals surface area contributed by atoms with Crippen molar-refractivity contribution >= 4 is 5.97 Å². The summed E-state index contributed by atoms with van der Waals surface area (Å²) in [5, 5.41) is 9.35. The Morgan fingerprint density at radius 2 is 2.00 bits per heavy atom. The molecule has 1 unspecified atom stereocenters. The molecule has 1 rings (SSSR count). The van der Waals surface area contributed by atoms with Crippen LogP contribution in [0.1, 0.15) is 64.1 Å². The fraction of sp³-hybridized carbons (Fsp3) is 0.667. The summed E-state index contributed by atoms with van der Waals surface area (Å²) in [7, 11) is 0. The van der Waals surface area contributed by atoms with Gasteiger partial charge < -0.3 is 9.67 Å². The molecule has 3 heteroatoms. The molecule has 1 N–H and O–H groups in total. The highest BCUT2D eigenvalue weighted by atomic mass is 16.4. The van der Waals surface area contributed by atoms with Gasteiger partial charge in [-0.05, 0) is 31.4 Å². The molecular weight excluding hydrogens is 226 g/mol. The Morgan fingerprint density at radius 1 is 1.28 bits per heavy atom. The monoisotopic (exact) mass is 251 g/mol. The van der Waals surface area contributed by atoms with Crippen LogP contribution in [0.25, 0.3) is 0 Å². The molecule has 0 amide bonds. The third-order valence-electron chi connectivity index (χ3n) is 3.36. The number of carboxylic acid groups (broad SMARTS) is 1. The highest BCUT2D eigenvalue weighted by molar-refractivity contribution is 5.72. The molecule has 1 aromatic rings. The lowest BCUT2D eigenvalue weighted by Gasteiger charge is -2.17. The molecule has 0 aliphatic heterocycles. The number of nitrogens with zero attached hydrogens (tertiary/aromatic N) is 1. The first-order valence-electron chi connectivity index (χ1n) is 7.09. The van der Waals surface area contributed by atoms with Gasteiger partial charge in [0.05, 0.1) is 0 Å². The van der Waals surface area contributed by atoms with Crippen LogP contribution in [0.4, 0.5) is 0 Å². The van der Waals surface area contributed by atoms with Crippen LogP contribution in [-0.4, -0.2) is 15.6 Å². The second-order valence-electron chi connectivity index (χ2n) is 4.86. The van der Waals surface area contributed by atoms with Gasteiger partial charge >= 0.3 is 5.97 Å². The summed E-state index contributed by atoms with van der Waals surface area (Å²) in [5.74, 6) is -0.712. The summed E-state index contributed by atoms with van der Waals surface area (Å²) < 4.78 is 1.95. The normalized spacial score (nSPS) is 12.6. The maximum absolute atomic E-state index is 11.4. The molecule has 0 aromatic carbocycles. The van der Waals surface area contributed by atoms with Gasteiger partial charge in [0.15, 0.2) is 0 Å². The molecule has 18 heavy (non-hydrogen) atoms. The van der Waals surface area contributed by atoms with Crippen LogP contribution in [-0.2, 0) is 11.2 Å².